The number of nitrogens with zero attached hydrogens (tertiary/aromatic N) is 1. The quantitative estimate of drug-likeness (QED) is 0.683. The number of nitrogen functional groups attached to an aromatic ring is 1. The van der Waals surface area contributed by atoms with E-state index >= 15 is 0 Å². The predicted octanol–water partition coefficient (Wildman–Crippen LogP) is 5.39. The first-order valence-corrected chi connectivity index (χ1v) is 8.01. The van der Waals surface area contributed by atoms with Crippen molar-refractivity contribution in [1.29, 1.82) is 5.26 Å². The van der Waals surface area contributed by atoms with Crippen molar-refractivity contribution in [3.8, 4) is 27.0 Å². The molecule has 0 aliphatic rings. The summed E-state index contributed by atoms with van der Waals surface area (Å²) in [6, 6.07) is 10.5. The lowest BCUT2D eigenvalue weighted by molar-refractivity contribution is 0.629. The van der Waals surface area contributed by atoms with Crippen LogP contribution in [0.1, 0.15) is 4.88 Å². The maximum atomic E-state index is 13.7. The molecule has 2 nitrogen and oxygen atoms in total. The van der Waals surface area contributed by atoms with Gasteiger partial charge in [-0.2, -0.15) is 5.26 Å². The molecule has 1 aromatic carbocycles. The largest absolute Gasteiger partial charge is 0.396 e. The van der Waals surface area contributed by atoms with Crippen molar-refractivity contribution >= 4 is 40.0 Å². The molecule has 2 N–H and O–H groups in total. The van der Waals surface area contributed by atoms with Gasteiger partial charge in [0.15, 0.2) is 0 Å². The van der Waals surface area contributed by atoms with E-state index in [1.165, 1.54) is 34.8 Å². The molecule has 104 valence electrons. The van der Waals surface area contributed by atoms with Gasteiger partial charge in [0.2, 0.25) is 0 Å². The third-order valence-corrected chi connectivity index (χ3v) is 5.35. The lowest BCUT2D eigenvalue weighted by atomic mass is 10.1. The molecule has 6 heteroatoms. The van der Waals surface area contributed by atoms with E-state index in [1.807, 2.05) is 17.5 Å². The van der Waals surface area contributed by atoms with E-state index in [-0.39, 0.29) is 5.02 Å². The lowest BCUT2D eigenvalue weighted by Crippen LogP contribution is -1.88. The smallest absolute Gasteiger partial charge is 0.142 e. The molecule has 0 radical (unpaired) electrons. The van der Waals surface area contributed by atoms with E-state index in [0.29, 0.717) is 16.1 Å². The number of halogens is 2. The molecule has 2 aromatic heterocycles. The highest BCUT2D eigenvalue weighted by Gasteiger charge is 2.20. The summed E-state index contributed by atoms with van der Waals surface area (Å²) in [6.07, 6.45) is 0. The summed E-state index contributed by atoms with van der Waals surface area (Å²) in [5.74, 6) is -0.489. The van der Waals surface area contributed by atoms with Gasteiger partial charge in [0, 0.05) is 15.3 Å². The average molecular weight is 335 g/mol. The lowest BCUT2D eigenvalue weighted by Gasteiger charge is -2.04. The van der Waals surface area contributed by atoms with Gasteiger partial charge in [0.05, 0.1) is 10.7 Å². The molecule has 3 aromatic rings. The SMILES string of the molecule is N#Cc1sc(-c2ccc(Cl)c(F)c2)c(-c2cccs2)c1N. The highest BCUT2D eigenvalue weighted by atomic mass is 35.5. The molecule has 0 aliphatic carbocycles. The topological polar surface area (TPSA) is 49.8 Å². The molecule has 0 saturated heterocycles. The predicted molar refractivity (Wildman–Crippen MR) is 87.2 cm³/mol. The summed E-state index contributed by atoms with van der Waals surface area (Å²) in [5, 5.41) is 11.2. The second-order valence-corrected chi connectivity index (χ2v) is 6.64. The van der Waals surface area contributed by atoms with Crippen molar-refractivity contribution in [2.24, 2.45) is 0 Å². The Balaban J connectivity index is 2.27. The minimum Gasteiger partial charge on any atom is -0.396 e. The highest BCUT2D eigenvalue weighted by molar-refractivity contribution is 7.18. The number of thiophene rings is 2. The fraction of sp³-hybridized carbons (Fsp3) is 0. The number of anilines is 1. The van der Waals surface area contributed by atoms with Crippen LogP contribution in [0, 0.1) is 17.1 Å². The number of nitriles is 1. The Bertz CT molecular complexity index is 847. The molecular weight excluding hydrogens is 327 g/mol. The molecule has 0 spiro atoms. The fourth-order valence-electron chi connectivity index (χ4n) is 2.03. The van der Waals surface area contributed by atoms with E-state index in [0.717, 1.165) is 15.3 Å². The van der Waals surface area contributed by atoms with Crippen LogP contribution in [0.15, 0.2) is 35.7 Å². The summed E-state index contributed by atoms with van der Waals surface area (Å²) >= 11 is 8.52. The normalized spacial score (nSPS) is 10.5. The van der Waals surface area contributed by atoms with Crippen molar-refractivity contribution in [1.82, 2.24) is 0 Å². The van der Waals surface area contributed by atoms with Gasteiger partial charge in [0.1, 0.15) is 16.8 Å². The van der Waals surface area contributed by atoms with Gasteiger partial charge in [-0.25, -0.2) is 4.39 Å². The van der Waals surface area contributed by atoms with Crippen LogP contribution < -0.4 is 5.73 Å². The van der Waals surface area contributed by atoms with Gasteiger partial charge in [0.25, 0.3) is 0 Å². The van der Waals surface area contributed by atoms with E-state index < -0.39 is 5.82 Å². The Hall–Kier alpha value is -1.87. The van der Waals surface area contributed by atoms with Crippen molar-refractivity contribution in [3.05, 3.63) is 51.4 Å². The van der Waals surface area contributed by atoms with Crippen molar-refractivity contribution in [2.75, 3.05) is 5.73 Å². The monoisotopic (exact) mass is 334 g/mol. The minimum absolute atomic E-state index is 0.0708. The molecule has 0 saturated carbocycles. The van der Waals surface area contributed by atoms with Gasteiger partial charge in [-0.15, -0.1) is 22.7 Å². The Labute approximate surface area is 133 Å². The van der Waals surface area contributed by atoms with E-state index in [2.05, 4.69) is 6.07 Å². The molecule has 0 atom stereocenters. The fourth-order valence-corrected chi connectivity index (χ4v) is 4.03. The summed E-state index contributed by atoms with van der Waals surface area (Å²) in [6.45, 7) is 0. The standard InChI is InChI=1S/C15H8ClFN2S2/c16-9-4-3-8(6-10(9)17)15-13(11-2-1-5-20-11)14(19)12(7-18)21-15/h1-6H,19H2. The molecular formula is C15H8ClFN2S2. The summed E-state index contributed by atoms with van der Waals surface area (Å²) in [7, 11) is 0. The van der Waals surface area contributed by atoms with Crippen LogP contribution in [-0.4, -0.2) is 0 Å². The first kappa shape index (κ1) is 14.1. The molecule has 0 amide bonds. The van der Waals surface area contributed by atoms with Crippen LogP contribution in [0.5, 0.6) is 0 Å². The molecule has 2 heterocycles. The Morgan fingerprint density at radius 3 is 2.71 bits per heavy atom. The molecule has 3 rings (SSSR count). The maximum Gasteiger partial charge on any atom is 0.142 e. The summed E-state index contributed by atoms with van der Waals surface area (Å²) in [5.41, 5.74) is 7.98. The zero-order chi connectivity index (χ0) is 15.0. The van der Waals surface area contributed by atoms with Gasteiger partial charge in [-0.05, 0) is 29.1 Å². The van der Waals surface area contributed by atoms with Crippen LogP contribution in [0.25, 0.3) is 20.9 Å². The van der Waals surface area contributed by atoms with Gasteiger partial charge < -0.3 is 5.73 Å². The summed E-state index contributed by atoms with van der Waals surface area (Å²) in [4.78, 5) is 2.17. The van der Waals surface area contributed by atoms with Gasteiger partial charge in [-0.1, -0.05) is 23.7 Å². The Morgan fingerprint density at radius 1 is 1.29 bits per heavy atom. The number of hydrogen-bond donors (Lipinski definition) is 1. The van der Waals surface area contributed by atoms with Crippen LogP contribution in [0.2, 0.25) is 5.02 Å². The number of rotatable bonds is 2. The average Bonchev–Trinajstić information content (AvgIpc) is 3.09. The Kier molecular flexibility index (Phi) is 3.68. The highest BCUT2D eigenvalue weighted by Crippen LogP contribution is 2.46. The number of hydrogen-bond acceptors (Lipinski definition) is 4. The van der Waals surface area contributed by atoms with Crippen molar-refractivity contribution in [3.63, 3.8) is 0 Å². The van der Waals surface area contributed by atoms with Crippen LogP contribution in [0.3, 0.4) is 0 Å². The van der Waals surface area contributed by atoms with E-state index in [1.54, 1.807) is 6.07 Å². The third kappa shape index (κ3) is 2.42. The van der Waals surface area contributed by atoms with Gasteiger partial charge >= 0.3 is 0 Å². The van der Waals surface area contributed by atoms with Crippen molar-refractivity contribution in [2.45, 2.75) is 0 Å². The molecule has 0 bridgehead atoms. The second-order valence-electron chi connectivity index (χ2n) is 4.27. The number of nitrogens with two attached hydrogens (primary N) is 1. The van der Waals surface area contributed by atoms with E-state index in [4.69, 9.17) is 17.3 Å². The molecule has 0 aliphatic heterocycles. The van der Waals surface area contributed by atoms with Gasteiger partial charge in [-0.3, -0.25) is 0 Å². The first-order valence-electron chi connectivity index (χ1n) is 5.93. The zero-order valence-corrected chi connectivity index (χ0v) is 13.0. The van der Waals surface area contributed by atoms with E-state index in [9.17, 15) is 9.65 Å². The van der Waals surface area contributed by atoms with Crippen LogP contribution in [-0.2, 0) is 0 Å². The maximum absolute atomic E-state index is 13.7. The number of benzene rings is 1. The summed E-state index contributed by atoms with van der Waals surface area (Å²) < 4.78 is 13.7. The molecule has 0 unspecified atom stereocenters. The van der Waals surface area contributed by atoms with Crippen LogP contribution in [0.4, 0.5) is 10.1 Å². The zero-order valence-electron chi connectivity index (χ0n) is 10.6. The first-order chi connectivity index (χ1) is 10.1. The van der Waals surface area contributed by atoms with Crippen molar-refractivity contribution < 1.29 is 4.39 Å². The molecule has 0 fully saturated rings. The molecule has 21 heavy (non-hydrogen) atoms. The second kappa shape index (κ2) is 5.49. The van der Waals surface area contributed by atoms with Crippen LogP contribution >= 0.6 is 34.3 Å². The third-order valence-electron chi connectivity index (χ3n) is 3.00. The minimum atomic E-state index is -0.489. The Morgan fingerprint density at radius 2 is 2.10 bits per heavy atom.